The molecule has 0 radical (unpaired) electrons. The van der Waals surface area contributed by atoms with Gasteiger partial charge in [-0.05, 0) is 18.9 Å². The number of amides is 1. The van der Waals surface area contributed by atoms with Gasteiger partial charge in [0, 0.05) is 13.5 Å². The van der Waals surface area contributed by atoms with Crippen LogP contribution in [0.3, 0.4) is 0 Å². The second-order valence-corrected chi connectivity index (χ2v) is 3.46. The zero-order chi connectivity index (χ0) is 10.6. The minimum absolute atomic E-state index is 0.219. The number of carbonyl (C=O) groups is 1. The van der Waals surface area contributed by atoms with E-state index in [4.69, 9.17) is 0 Å². The molecule has 0 saturated carbocycles. The lowest BCUT2D eigenvalue weighted by Gasteiger charge is -2.20. The lowest BCUT2D eigenvalue weighted by Crippen LogP contribution is -2.29. The Morgan fingerprint density at radius 3 is 2.79 bits per heavy atom. The second-order valence-electron chi connectivity index (χ2n) is 3.46. The summed E-state index contributed by atoms with van der Waals surface area (Å²) in [5.74, 6) is 0.225. The van der Waals surface area contributed by atoms with Crippen LogP contribution in [0.5, 0.6) is 0 Å². The van der Waals surface area contributed by atoms with Gasteiger partial charge in [0.1, 0.15) is 0 Å². The van der Waals surface area contributed by atoms with E-state index in [1.54, 1.807) is 4.90 Å². The average molecular weight is 191 g/mol. The van der Waals surface area contributed by atoms with Crippen LogP contribution in [0.2, 0.25) is 0 Å². The van der Waals surface area contributed by atoms with Crippen molar-refractivity contribution in [2.75, 3.05) is 7.05 Å². The second kappa shape index (κ2) is 4.80. The largest absolute Gasteiger partial charge is 0.339 e. The van der Waals surface area contributed by atoms with Crippen molar-refractivity contribution in [3.05, 3.63) is 36.5 Å². The van der Waals surface area contributed by atoms with Gasteiger partial charge in [-0.15, -0.1) is 0 Å². The number of carbonyl (C=O) groups excluding carboxylic acids is 1. The van der Waals surface area contributed by atoms with Gasteiger partial charge in [-0.3, -0.25) is 4.79 Å². The summed E-state index contributed by atoms with van der Waals surface area (Å²) in [6.07, 6.45) is 9.37. The summed E-state index contributed by atoms with van der Waals surface area (Å²) >= 11 is 0. The van der Waals surface area contributed by atoms with Crippen LogP contribution in [0, 0.1) is 0 Å². The van der Waals surface area contributed by atoms with Crippen molar-refractivity contribution >= 4 is 5.91 Å². The van der Waals surface area contributed by atoms with Crippen LogP contribution in [0.4, 0.5) is 0 Å². The van der Waals surface area contributed by atoms with Gasteiger partial charge in [0.2, 0.25) is 5.91 Å². The molecule has 0 N–H and O–H groups in total. The van der Waals surface area contributed by atoms with Gasteiger partial charge >= 0.3 is 0 Å². The van der Waals surface area contributed by atoms with Crippen molar-refractivity contribution < 1.29 is 4.79 Å². The molecule has 1 rings (SSSR count). The molecule has 76 valence electrons. The standard InChI is InChI=1S/C12H17NO/c1-4-6-7-10(5-2)11-8-9-12(14)13(11)3/h4-7,11H,2,8-9H2,1,3H3/b6-4-,10-7+. The molecule has 0 aromatic rings. The minimum Gasteiger partial charge on any atom is -0.339 e. The Balaban J connectivity index is 2.80. The molecule has 1 aliphatic heterocycles. The predicted octanol–water partition coefficient (Wildman–Crippen LogP) is 2.30. The normalized spacial score (nSPS) is 23.6. The van der Waals surface area contributed by atoms with Crippen LogP contribution in [-0.4, -0.2) is 23.9 Å². The van der Waals surface area contributed by atoms with Crippen LogP contribution in [0.15, 0.2) is 36.5 Å². The van der Waals surface area contributed by atoms with Crippen molar-refractivity contribution in [3.63, 3.8) is 0 Å². The van der Waals surface area contributed by atoms with E-state index < -0.39 is 0 Å². The third-order valence-corrected chi connectivity index (χ3v) is 2.59. The van der Waals surface area contributed by atoms with Crippen LogP contribution < -0.4 is 0 Å². The van der Waals surface area contributed by atoms with Crippen molar-refractivity contribution in [2.24, 2.45) is 0 Å². The first-order valence-electron chi connectivity index (χ1n) is 4.91. The third kappa shape index (κ3) is 2.13. The van der Waals surface area contributed by atoms with Gasteiger partial charge in [0.15, 0.2) is 0 Å². The van der Waals surface area contributed by atoms with E-state index in [1.807, 2.05) is 38.3 Å². The highest BCUT2D eigenvalue weighted by atomic mass is 16.2. The molecule has 1 aliphatic rings. The monoisotopic (exact) mass is 191 g/mol. The molecule has 0 aliphatic carbocycles. The fraction of sp³-hybridized carbons (Fsp3) is 0.417. The predicted molar refractivity (Wildman–Crippen MR) is 58.9 cm³/mol. The van der Waals surface area contributed by atoms with Crippen molar-refractivity contribution in [1.82, 2.24) is 4.90 Å². The summed E-state index contributed by atoms with van der Waals surface area (Å²) in [6.45, 7) is 5.75. The van der Waals surface area contributed by atoms with Crippen LogP contribution in [-0.2, 0) is 4.79 Å². The third-order valence-electron chi connectivity index (χ3n) is 2.59. The minimum atomic E-state index is 0.219. The van der Waals surface area contributed by atoms with Crippen LogP contribution in [0.1, 0.15) is 19.8 Å². The lowest BCUT2D eigenvalue weighted by atomic mass is 10.0. The lowest BCUT2D eigenvalue weighted by molar-refractivity contribution is -0.127. The summed E-state index contributed by atoms with van der Waals surface area (Å²) in [6, 6.07) is 0.219. The molecule has 0 aromatic heterocycles. The number of nitrogens with zero attached hydrogens (tertiary/aromatic N) is 1. The van der Waals surface area contributed by atoms with Gasteiger partial charge in [-0.1, -0.05) is 30.9 Å². The Morgan fingerprint density at radius 2 is 2.36 bits per heavy atom. The molecule has 1 heterocycles. The molecular formula is C12H17NO. The molecule has 1 unspecified atom stereocenters. The first kappa shape index (κ1) is 10.8. The maximum atomic E-state index is 11.3. The van der Waals surface area contributed by atoms with E-state index in [9.17, 15) is 4.79 Å². The summed E-state index contributed by atoms with van der Waals surface area (Å²) in [4.78, 5) is 13.1. The molecule has 1 atom stereocenters. The molecule has 14 heavy (non-hydrogen) atoms. The van der Waals surface area contributed by atoms with Gasteiger partial charge in [-0.2, -0.15) is 0 Å². The highest BCUT2D eigenvalue weighted by molar-refractivity contribution is 5.79. The average Bonchev–Trinajstić information content (AvgIpc) is 2.51. The fourth-order valence-electron chi connectivity index (χ4n) is 1.72. The molecule has 2 heteroatoms. The maximum Gasteiger partial charge on any atom is 0.222 e. The van der Waals surface area contributed by atoms with E-state index in [-0.39, 0.29) is 11.9 Å². The van der Waals surface area contributed by atoms with Gasteiger partial charge in [-0.25, -0.2) is 0 Å². The van der Waals surface area contributed by atoms with E-state index in [0.717, 1.165) is 12.0 Å². The quantitative estimate of drug-likeness (QED) is 0.627. The van der Waals surface area contributed by atoms with Gasteiger partial charge < -0.3 is 4.90 Å². The molecule has 1 fully saturated rings. The maximum absolute atomic E-state index is 11.3. The van der Waals surface area contributed by atoms with Crippen LogP contribution >= 0.6 is 0 Å². The summed E-state index contributed by atoms with van der Waals surface area (Å²) in [5.41, 5.74) is 1.12. The van der Waals surface area contributed by atoms with E-state index in [2.05, 4.69) is 6.58 Å². The Kier molecular flexibility index (Phi) is 3.69. The van der Waals surface area contributed by atoms with Crippen molar-refractivity contribution in [3.8, 4) is 0 Å². The number of likely N-dealkylation sites (N-methyl/N-ethyl adjacent to an activating group) is 1. The molecule has 1 amide bonds. The Bertz CT molecular complexity index is 289. The number of allylic oxidation sites excluding steroid dienone is 3. The molecular weight excluding hydrogens is 174 g/mol. The zero-order valence-corrected chi connectivity index (χ0v) is 8.86. The van der Waals surface area contributed by atoms with Crippen LogP contribution in [0.25, 0.3) is 0 Å². The Hall–Kier alpha value is -1.31. The zero-order valence-electron chi connectivity index (χ0n) is 8.86. The topological polar surface area (TPSA) is 20.3 Å². The molecule has 2 nitrogen and oxygen atoms in total. The molecule has 0 spiro atoms. The van der Waals surface area contributed by atoms with E-state index in [1.165, 1.54) is 0 Å². The highest BCUT2D eigenvalue weighted by Gasteiger charge is 2.28. The summed E-state index contributed by atoms with van der Waals surface area (Å²) in [5, 5.41) is 0. The number of hydrogen-bond donors (Lipinski definition) is 0. The summed E-state index contributed by atoms with van der Waals surface area (Å²) < 4.78 is 0. The van der Waals surface area contributed by atoms with Gasteiger partial charge in [0.05, 0.1) is 6.04 Å². The Morgan fingerprint density at radius 1 is 1.64 bits per heavy atom. The molecule has 0 aromatic carbocycles. The van der Waals surface area contributed by atoms with Crippen molar-refractivity contribution in [2.45, 2.75) is 25.8 Å². The summed E-state index contributed by atoms with van der Waals surface area (Å²) in [7, 11) is 1.85. The molecule has 0 bridgehead atoms. The van der Waals surface area contributed by atoms with E-state index >= 15 is 0 Å². The van der Waals surface area contributed by atoms with Gasteiger partial charge in [0.25, 0.3) is 0 Å². The number of hydrogen-bond acceptors (Lipinski definition) is 1. The molecule has 1 saturated heterocycles. The SMILES string of the molecule is C=C/C(=C\C=C/C)C1CCC(=O)N1C. The fourth-order valence-corrected chi connectivity index (χ4v) is 1.72. The smallest absolute Gasteiger partial charge is 0.222 e. The number of likely N-dealkylation sites (tertiary alicyclic amines) is 1. The highest BCUT2D eigenvalue weighted by Crippen LogP contribution is 2.23. The first-order chi connectivity index (χ1) is 6.70. The van der Waals surface area contributed by atoms with E-state index in [0.29, 0.717) is 6.42 Å². The van der Waals surface area contributed by atoms with Crippen molar-refractivity contribution in [1.29, 1.82) is 0 Å². The number of rotatable bonds is 3. The first-order valence-corrected chi connectivity index (χ1v) is 4.91. The Labute approximate surface area is 85.6 Å².